The topological polar surface area (TPSA) is 99.3 Å². The van der Waals surface area contributed by atoms with Crippen molar-refractivity contribution in [1.29, 1.82) is 5.26 Å². The number of nitrogens with zero attached hydrogens (tertiary/aromatic N) is 6. The van der Waals surface area contributed by atoms with Crippen LogP contribution in [0.15, 0.2) is 30.6 Å². The fourth-order valence-corrected chi connectivity index (χ4v) is 5.44. The van der Waals surface area contributed by atoms with Gasteiger partial charge in [0.2, 0.25) is 5.91 Å². The molecule has 2 aromatic rings. The van der Waals surface area contributed by atoms with E-state index in [1.165, 1.54) is 6.42 Å². The maximum Gasteiger partial charge on any atom is 0.222 e. The molecule has 2 bridgehead atoms. The Morgan fingerprint density at radius 2 is 2.12 bits per heavy atom. The number of likely N-dealkylation sites (tertiary alicyclic amines) is 1. The van der Waals surface area contributed by atoms with Gasteiger partial charge in [0.1, 0.15) is 17.5 Å². The molecule has 4 saturated heterocycles. The van der Waals surface area contributed by atoms with Gasteiger partial charge in [-0.1, -0.05) is 6.07 Å². The van der Waals surface area contributed by atoms with E-state index in [1.807, 2.05) is 27.9 Å². The highest BCUT2D eigenvalue weighted by Gasteiger charge is 2.38. The Hall–Kier alpha value is -3.22. The van der Waals surface area contributed by atoms with Crippen molar-refractivity contribution in [3.63, 3.8) is 0 Å². The summed E-state index contributed by atoms with van der Waals surface area (Å²) >= 11 is 0. The first-order valence-electron chi connectivity index (χ1n) is 11.7. The van der Waals surface area contributed by atoms with Crippen LogP contribution in [-0.4, -0.2) is 70.4 Å². The highest BCUT2D eigenvalue weighted by atomic mass is 16.5. The summed E-state index contributed by atoms with van der Waals surface area (Å²) in [5.74, 6) is 1.18. The zero-order valence-electron chi connectivity index (χ0n) is 18.5. The molecular formula is C24H27N7O2. The molecule has 0 saturated carbocycles. The fraction of sp³-hybridized carbons (Fsp3) is 0.500. The number of nitriles is 1. The van der Waals surface area contributed by atoms with Crippen LogP contribution in [0.5, 0.6) is 0 Å². The van der Waals surface area contributed by atoms with Crippen LogP contribution in [-0.2, 0) is 21.7 Å². The molecule has 5 aliphatic heterocycles. The molecule has 3 atom stereocenters. The summed E-state index contributed by atoms with van der Waals surface area (Å²) < 4.78 is 8.30. The van der Waals surface area contributed by atoms with E-state index in [0.717, 1.165) is 43.1 Å². The van der Waals surface area contributed by atoms with Crippen molar-refractivity contribution in [2.75, 3.05) is 37.7 Å². The molecule has 1 N–H and O–H groups in total. The molecule has 3 unspecified atom stereocenters. The van der Waals surface area contributed by atoms with Gasteiger partial charge in [-0.05, 0) is 31.1 Å². The summed E-state index contributed by atoms with van der Waals surface area (Å²) in [4.78, 5) is 21.0. The van der Waals surface area contributed by atoms with Crippen LogP contribution in [0.1, 0.15) is 36.1 Å². The van der Waals surface area contributed by atoms with E-state index in [0.29, 0.717) is 43.8 Å². The van der Waals surface area contributed by atoms with Crippen LogP contribution in [0.2, 0.25) is 0 Å². The highest BCUT2D eigenvalue weighted by Crippen LogP contribution is 2.35. The third-order valence-corrected chi connectivity index (χ3v) is 7.27. The first kappa shape index (κ1) is 20.4. The molecular weight excluding hydrogens is 418 g/mol. The molecule has 0 aromatic carbocycles. The van der Waals surface area contributed by atoms with Crippen molar-refractivity contribution >= 4 is 17.8 Å². The summed E-state index contributed by atoms with van der Waals surface area (Å²) in [5, 5.41) is 17.3. The molecule has 33 heavy (non-hydrogen) atoms. The molecule has 5 aliphatic rings. The molecule has 170 valence electrons. The molecule has 0 spiro atoms. The van der Waals surface area contributed by atoms with Gasteiger partial charge in [0.15, 0.2) is 0 Å². The number of hydrogen-bond donors (Lipinski definition) is 1. The van der Waals surface area contributed by atoms with Crippen molar-refractivity contribution in [2.24, 2.45) is 0 Å². The number of aromatic nitrogens is 3. The lowest BCUT2D eigenvalue weighted by atomic mass is 9.90. The SMILES string of the molecule is N#Cc1cnn2c1C=CC(OCCN1CCCC1=O)(c1ccc(N3CC4CC(C3)N4)nc1)C2. The number of hydrogen-bond acceptors (Lipinski definition) is 7. The predicted octanol–water partition coefficient (Wildman–Crippen LogP) is 1.26. The smallest absolute Gasteiger partial charge is 0.222 e. The number of piperazine rings is 1. The maximum atomic E-state index is 12.0. The Bertz CT molecular complexity index is 1120. The van der Waals surface area contributed by atoms with E-state index in [9.17, 15) is 10.1 Å². The Balaban J connectivity index is 1.25. The van der Waals surface area contributed by atoms with Crippen LogP contribution in [0.4, 0.5) is 5.82 Å². The lowest BCUT2D eigenvalue weighted by Crippen LogP contribution is -2.67. The van der Waals surface area contributed by atoms with Gasteiger partial charge >= 0.3 is 0 Å². The molecule has 9 heteroatoms. The third kappa shape index (κ3) is 3.59. The molecule has 0 radical (unpaired) electrons. The fourth-order valence-electron chi connectivity index (χ4n) is 5.44. The number of anilines is 1. The van der Waals surface area contributed by atoms with Crippen molar-refractivity contribution < 1.29 is 9.53 Å². The van der Waals surface area contributed by atoms with Gasteiger partial charge in [0.05, 0.1) is 30.6 Å². The number of nitrogens with one attached hydrogen (secondary N) is 1. The summed E-state index contributed by atoms with van der Waals surface area (Å²) in [6, 6.07) is 7.49. The summed E-state index contributed by atoms with van der Waals surface area (Å²) in [7, 11) is 0. The first-order chi connectivity index (χ1) is 16.1. The number of ether oxygens (including phenoxy) is 1. The molecule has 7 heterocycles. The second-order valence-corrected chi connectivity index (χ2v) is 9.37. The quantitative estimate of drug-likeness (QED) is 0.715. The third-order valence-electron chi connectivity index (χ3n) is 7.27. The number of piperidine rings is 1. The van der Waals surface area contributed by atoms with Crippen LogP contribution < -0.4 is 10.2 Å². The lowest BCUT2D eigenvalue weighted by molar-refractivity contribution is -0.129. The number of carbonyl (C=O) groups is 1. The predicted molar refractivity (Wildman–Crippen MR) is 121 cm³/mol. The summed E-state index contributed by atoms with van der Waals surface area (Å²) in [6.45, 7) is 4.21. The van der Waals surface area contributed by atoms with Crippen molar-refractivity contribution in [1.82, 2.24) is 25.0 Å². The van der Waals surface area contributed by atoms with Gasteiger partial charge in [-0.25, -0.2) is 4.98 Å². The van der Waals surface area contributed by atoms with Gasteiger partial charge in [-0.2, -0.15) is 10.4 Å². The Labute approximate surface area is 192 Å². The Morgan fingerprint density at radius 3 is 2.82 bits per heavy atom. The average Bonchev–Trinajstić information content (AvgIpc) is 3.44. The zero-order valence-corrected chi connectivity index (χ0v) is 18.5. The van der Waals surface area contributed by atoms with Crippen LogP contribution in [0.25, 0.3) is 6.08 Å². The number of pyridine rings is 1. The Morgan fingerprint density at radius 1 is 1.27 bits per heavy atom. The van der Waals surface area contributed by atoms with Gasteiger partial charge in [0, 0.05) is 56.4 Å². The van der Waals surface area contributed by atoms with Crippen molar-refractivity contribution in [2.45, 2.75) is 43.5 Å². The van der Waals surface area contributed by atoms with Gasteiger partial charge < -0.3 is 19.9 Å². The molecule has 7 rings (SSSR count). The van der Waals surface area contributed by atoms with E-state index in [1.54, 1.807) is 6.20 Å². The van der Waals surface area contributed by atoms with Crippen LogP contribution >= 0.6 is 0 Å². The molecule has 0 aliphatic carbocycles. The minimum absolute atomic E-state index is 0.194. The lowest BCUT2D eigenvalue weighted by Gasteiger charge is -2.48. The second kappa shape index (κ2) is 7.97. The minimum Gasteiger partial charge on any atom is -0.362 e. The number of rotatable bonds is 6. The Kier molecular flexibility index (Phi) is 4.93. The van der Waals surface area contributed by atoms with Gasteiger partial charge in [-0.15, -0.1) is 0 Å². The van der Waals surface area contributed by atoms with Crippen LogP contribution in [0.3, 0.4) is 0 Å². The number of amides is 1. The normalized spacial score (nSPS) is 27.9. The van der Waals surface area contributed by atoms with E-state index in [-0.39, 0.29) is 5.91 Å². The molecule has 9 nitrogen and oxygen atoms in total. The summed E-state index contributed by atoms with van der Waals surface area (Å²) in [5.41, 5.74) is 1.52. The molecule has 1 amide bonds. The molecule has 2 aromatic heterocycles. The largest absolute Gasteiger partial charge is 0.362 e. The maximum absolute atomic E-state index is 12.0. The van der Waals surface area contributed by atoms with Gasteiger partial charge in [-0.3, -0.25) is 9.48 Å². The second-order valence-electron chi connectivity index (χ2n) is 9.37. The number of carbonyl (C=O) groups excluding carboxylic acids is 1. The van der Waals surface area contributed by atoms with Crippen LogP contribution in [0, 0.1) is 11.3 Å². The van der Waals surface area contributed by atoms with E-state index in [2.05, 4.69) is 33.5 Å². The number of fused-ring (bicyclic) bond motifs is 3. The van der Waals surface area contributed by atoms with Gasteiger partial charge in [0.25, 0.3) is 0 Å². The van der Waals surface area contributed by atoms with Crippen molar-refractivity contribution in [3.05, 3.63) is 47.4 Å². The van der Waals surface area contributed by atoms with E-state index < -0.39 is 5.60 Å². The summed E-state index contributed by atoms with van der Waals surface area (Å²) in [6.07, 6.45) is 10.2. The zero-order chi connectivity index (χ0) is 22.4. The monoisotopic (exact) mass is 445 g/mol. The highest BCUT2D eigenvalue weighted by molar-refractivity contribution is 5.78. The standard InChI is InChI=1S/C24H27N7O2/c25-11-17-12-27-31-16-24(6-5-21(17)31,33-9-8-29-7-1-2-23(29)32)18-3-4-22(26-13-18)30-14-19-10-20(15-30)28-19/h3-6,12-13,19-20,28H,1-2,7-10,14-16H2. The van der Waals surface area contributed by atoms with E-state index in [4.69, 9.17) is 9.72 Å². The van der Waals surface area contributed by atoms with Crippen molar-refractivity contribution in [3.8, 4) is 6.07 Å². The average molecular weight is 446 g/mol. The molecule has 4 fully saturated rings. The first-order valence-corrected chi connectivity index (χ1v) is 11.7. The minimum atomic E-state index is -0.758. The van der Waals surface area contributed by atoms with E-state index >= 15 is 0 Å².